The maximum Gasteiger partial charge on any atom is 0.265 e. The van der Waals surface area contributed by atoms with Gasteiger partial charge in [0, 0.05) is 23.2 Å². The van der Waals surface area contributed by atoms with Crippen molar-refractivity contribution in [2.45, 2.75) is 12.5 Å². The summed E-state index contributed by atoms with van der Waals surface area (Å²) in [5, 5.41) is 3.49. The van der Waals surface area contributed by atoms with Crippen molar-refractivity contribution in [1.29, 1.82) is 0 Å². The topological polar surface area (TPSA) is 56.8 Å². The summed E-state index contributed by atoms with van der Waals surface area (Å²) in [6.07, 6.45) is -0.0524. The summed E-state index contributed by atoms with van der Waals surface area (Å²) in [5.41, 5.74) is 1.59. The van der Waals surface area contributed by atoms with E-state index < -0.39 is 6.10 Å². The highest BCUT2D eigenvalue weighted by Gasteiger charge is 2.29. The fourth-order valence-electron chi connectivity index (χ4n) is 2.71. The highest BCUT2D eigenvalue weighted by molar-refractivity contribution is 6.30. The fourth-order valence-corrected chi connectivity index (χ4v) is 2.90. The molecule has 0 spiro atoms. The van der Waals surface area contributed by atoms with E-state index in [1.165, 1.54) is 0 Å². The third-order valence-electron chi connectivity index (χ3n) is 3.80. The lowest BCUT2D eigenvalue weighted by Crippen LogP contribution is -2.31. The molecule has 0 saturated heterocycles. The summed E-state index contributed by atoms with van der Waals surface area (Å²) in [6.45, 7) is 1.04. The van der Waals surface area contributed by atoms with Crippen molar-refractivity contribution in [2.75, 3.05) is 18.5 Å². The highest BCUT2D eigenvalue weighted by Crippen LogP contribution is 2.34. The molecule has 118 valence electrons. The second-order valence-corrected chi connectivity index (χ2v) is 5.85. The number of fused-ring (bicyclic) bond motifs is 2. The van der Waals surface area contributed by atoms with Gasteiger partial charge in [-0.2, -0.15) is 0 Å². The molecule has 1 atom stereocenters. The molecule has 4 rings (SSSR count). The Morgan fingerprint density at radius 1 is 1.04 bits per heavy atom. The van der Waals surface area contributed by atoms with E-state index in [1.54, 1.807) is 30.3 Å². The second kappa shape index (κ2) is 5.66. The smallest absolute Gasteiger partial charge is 0.265 e. The molecule has 2 heterocycles. The van der Waals surface area contributed by atoms with E-state index in [-0.39, 0.29) is 5.91 Å². The lowest BCUT2D eigenvalue weighted by molar-refractivity contribution is -0.122. The van der Waals surface area contributed by atoms with Gasteiger partial charge in [-0.05, 0) is 35.9 Å². The Balaban J connectivity index is 1.47. The normalized spacial score (nSPS) is 18.0. The molecule has 5 nitrogen and oxygen atoms in total. The average molecular weight is 332 g/mol. The molecule has 2 aromatic carbocycles. The minimum atomic E-state index is -0.559. The molecular weight excluding hydrogens is 318 g/mol. The maximum atomic E-state index is 12.4. The molecule has 0 bridgehead atoms. The monoisotopic (exact) mass is 331 g/mol. The summed E-state index contributed by atoms with van der Waals surface area (Å²) in [4.78, 5) is 12.4. The molecule has 1 unspecified atom stereocenters. The first-order valence-corrected chi connectivity index (χ1v) is 7.72. The van der Waals surface area contributed by atoms with Crippen molar-refractivity contribution in [2.24, 2.45) is 0 Å². The van der Waals surface area contributed by atoms with Crippen molar-refractivity contribution >= 4 is 23.2 Å². The lowest BCUT2D eigenvalue weighted by atomic mass is 10.1. The van der Waals surface area contributed by atoms with Crippen LogP contribution in [-0.4, -0.2) is 25.2 Å². The molecule has 2 aromatic rings. The van der Waals surface area contributed by atoms with Gasteiger partial charge < -0.3 is 19.5 Å². The number of amides is 1. The van der Waals surface area contributed by atoms with Crippen LogP contribution in [0, 0.1) is 0 Å². The second-order valence-electron chi connectivity index (χ2n) is 5.41. The van der Waals surface area contributed by atoms with Gasteiger partial charge in [-0.3, -0.25) is 4.79 Å². The number of hydrogen-bond acceptors (Lipinski definition) is 4. The summed E-state index contributed by atoms with van der Waals surface area (Å²) in [7, 11) is 0. The number of benzene rings is 2. The zero-order valence-electron chi connectivity index (χ0n) is 12.2. The van der Waals surface area contributed by atoms with Crippen molar-refractivity contribution in [3.63, 3.8) is 0 Å². The van der Waals surface area contributed by atoms with E-state index in [2.05, 4.69) is 5.32 Å². The third-order valence-corrected chi connectivity index (χ3v) is 4.03. The van der Waals surface area contributed by atoms with Crippen LogP contribution in [0.4, 0.5) is 5.69 Å². The molecule has 0 fully saturated rings. The van der Waals surface area contributed by atoms with Gasteiger partial charge in [0.15, 0.2) is 17.6 Å². The van der Waals surface area contributed by atoms with E-state index in [0.717, 1.165) is 5.56 Å². The molecule has 2 aliphatic heterocycles. The summed E-state index contributed by atoms with van der Waals surface area (Å²) in [6, 6.07) is 10.7. The standard InChI is InChI=1S/C17H14ClNO4/c18-11-1-3-13-10(7-11)8-16(23-13)17(20)19-12-2-4-14-15(9-12)22-6-5-21-14/h1-4,7,9,16H,5-6,8H2,(H,19,20). The average Bonchev–Trinajstić information content (AvgIpc) is 2.98. The number of carbonyl (C=O) groups excluding carboxylic acids is 1. The number of anilines is 1. The minimum absolute atomic E-state index is 0.200. The quantitative estimate of drug-likeness (QED) is 0.919. The van der Waals surface area contributed by atoms with Crippen molar-refractivity contribution < 1.29 is 19.0 Å². The number of hydrogen-bond donors (Lipinski definition) is 1. The van der Waals surface area contributed by atoms with Gasteiger partial charge in [0.2, 0.25) is 0 Å². The predicted molar refractivity (Wildman–Crippen MR) is 85.6 cm³/mol. The van der Waals surface area contributed by atoms with Gasteiger partial charge in [-0.15, -0.1) is 0 Å². The van der Waals surface area contributed by atoms with Crippen LogP contribution in [0.3, 0.4) is 0 Å². The van der Waals surface area contributed by atoms with E-state index >= 15 is 0 Å². The number of ether oxygens (including phenoxy) is 3. The van der Waals surface area contributed by atoms with Gasteiger partial charge >= 0.3 is 0 Å². The molecule has 6 heteroatoms. The largest absolute Gasteiger partial charge is 0.486 e. The maximum absolute atomic E-state index is 12.4. The van der Waals surface area contributed by atoms with Crippen LogP contribution in [-0.2, 0) is 11.2 Å². The van der Waals surface area contributed by atoms with Crippen LogP contribution >= 0.6 is 11.6 Å². The van der Waals surface area contributed by atoms with Crippen LogP contribution in [0.25, 0.3) is 0 Å². The Morgan fingerprint density at radius 2 is 1.83 bits per heavy atom. The minimum Gasteiger partial charge on any atom is -0.486 e. The Hall–Kier alpha value is -2.40. The Morgan fingerprint density at radius 3 is 2.70 bits per heavy atom. The van der Waals surface area contributed by atoms with Gasteiger partial charge in [0.25, 0.3) is 5.91 Å². The van der Waals surface area contributed by atoms with Crippen LogP contribution in [0.1, 0.15) is 5.56 Å². The fraction of sp³-hybridized carbons (Fsp3) is 0.235. The predicted octanol–water partition coefficient (Wildman–Crippen LogP) is 3.05. The summed E-state index contributed by atoms with van der Waals surface area (Å²) < 4.78 is 16.7. The number of halogens is 1. The van der Waals surface area contributed by atoms with Gasteiger partial charge in [-0.1, -0.05) is 11.6 Å². The Kier molecular flexibility index (Phi) is 3.50. The molecule has 2 aliphatic rings. The molecule has 1 N–H and O–H groups in total. The molecule has 0 aliphatic carbocycles. The van der Waals surface area contributed by atoms with Crippen LogP contribution in [0.5, 0.6) is 17.2 Å². The zero-order chi connectivity index (χ0) is 15.8. The molecule has 0 aromatic heterocycles. The van der Waals surface area contributed by atoms with Crippen molar-refractivity contribution in [1.82, 2.24) is 0 Å². The van der Waals surface area contributed by atoms with E-state index in [1.807, 2.05) is 6.07 Å². The molecular formula is C17H14ClNO4. The first kappa shape index (κ1) is 14.2. The van der Waals surface area contributed by atoms with Crippen LogP contribution < -0.4 is 19.5 Å². The van der Waals surface area contributed by atoms with Gasteiger partial charge in [0.05, 0.1) is 0 Å². The highest BCUT2D eigenvalue weighted by atomic mass is 35.5. The summed E-state index contributed by atoms with van der Waals surface area (Å²) in [5.74, 6) is 1.83. The lowest BCUT2D eigenvalue weighted by Gasteiger charge is -2.19. The van der Waals surface area contributed by atoms with E-state index in [4.69, 9.17) is 25.8 Å². The van der Waals surface area contributed by atoms with E-state index in [0.29, 0.717) is 47.6 Å². The van der Waals surface area contributed by atoms with Crippen LogP contribution in [0.15, 0.2) is 36.4 Å². The molecule has 0 saturated carbocycles. The van der Waals surface area contributed by atoms with Gasteiger partial charge in [-0.25, -0.2) is 0 Å². The van der Waals surface area contributed by atoms with Gasteiger partial charge in [0.1, 0.15) is 19.0 Å². The van der Waals surface area contributed by atoms with E-state index in [9.17, 15) is 4.79 Å². The first-order valence-electron chi connectivity index (χ1n) is 7.35. The Labute approximate surface area is 138 Å². The molecule has 23 heavy (non-hydrogen) atoms. The zero-order valence-corrected chi connectivity index (χ0v) is 12.9. The third kappa shape index (κ3) is 2.80. The van der Waals surface area contributed by atoms with Crippen molar-refractivity contribution in [3.8, 4) is 17.2 Å². The number of rotatable bonds is 2. The number of carbonyl (C=O) groups is 1. The first-order chi connectivity index (χ1) is 11.2. The van der Waals surface area contributed by atoms with Crippen molar-refractivity contribution in [3.05, 3.63) is 47.0 Å². The summed E-state index contributed by atoms with van der Waals surface area (Å²) >= 11 is 5.97. The number of nitrogens with one attached hydrogen (secondary N) is 1. The van der Waals surface area contributed by atoms with Crippen LogP contribution in [0.2, 0.25) is 5.02 Å². The Bertz CT molecular complexity index is 777. The molecule has 0 radical (unpaired) electrons. The molecule has 1 amide bonds. The SMILES string of the molecule is O=C(Nc1ccc2c(c1)OCCO2)C1Cc2cc(Cl)ccc2O1.